The van der Waals surface area contributed by atoms with Gasteiger partial charge in [-0.3, -0.25) is 0 Å². The van der Waals surface area contributed by atoms with E-state index in [2.05, 4.69) is 17.6 Å². The van der Waals surface area contributed by atoms with Gasteiger partial charge in [-0.25, -0.2) is 0 Å². The van der Waals surface area contributed by atoms with Gasteiger partial charge in [0.05, 0.1) is 12.6 Å². The standard InChI is InChI=1S/C9H18N2S/c1-12-9-5-3-2-4-7-11-8-6-10/h11H,2-5,7-9H2,1H3. The van der Waals surface area contributed by atoms with E-state index in [4.69, 9.17) is 5.26 Å². The first kappa shape index (κ1) is 11.8. The second kappa shape index (κ2) is 10.8. The predicted octanol–water partition coefficient (Wildman–Crippen LogP) is 2.02. The smallest absolute Gasteiger partial charge is 0.0840 e. The van der Waals surface area contributed by atoms with Gasteiger partial charge in [0.15, 0.2) is 0 Å². The van der Waals surface area contributed by atoms with Crippen LogP contribution in [0.15, 0.2) is 0 Å². The molecule has 0 saturated heterocycles. The van der Waals surface area contributed by atoms with Crippen LogP contribution < -0.4 is 5.32 Å². The fraction of sp³-hybridized carbons (Fsp3) is 0.889. The molecular formula is C9H18N2S. The summed E-state index contributed by atoms with van der Waals surface area (Å²) in [5, 5.41) is 11.3. The average molecular weight is 186 g/mol. The van der Waals surface area contributed by atoms with Gasteiger partial charge in [0.2, 0.25) is 0 Å². The van der Waals surface area contributed by atoms with E-state index >= 15 is 0 Å². The molecule has 0 saturated carbocycles. The van der Waals surface area contributed by atoms with E-state index in [1.165, 1.54) is 31.4 Å². The number of thioether (sulfide) groups is 1. The minimum absolute atomic E-state index is 0.491. The number of hydrogen-bond donors (Lipinski definition) is 1. The molecule has 0 amide bonds. The molecule has 0 aromatic heterocycles. The maximum atomic E-state index is 8.22. The molecule has 3 heteroatoms. The Morgan fingerprint density at radius 1 is 1.25 bits per heavy atom. The monoisotopic (exact) mass is 186 g/mol. The third kappa shape index (κ3) is 9.80. The molecule has 0 aromatic rings. The van der Waals surface area contributed by atoms with Crippen molar-refractivity contribution in [3.05, 3.63) is 0 Å². The highest BCUT2D eigenvalue weighted by molar-refractivity contribution is 7.98. The topological polar surface area (TPSA) is 35.8 Å². The fourth-order valence-corrected chi connectivity index (χ4v) is 1.49. The number of unbranched alkanes of at least 4 members (excludes halogenated alkanes) is 3. The maximum absolute atomic E-state index is 8.22. The summed E-state index contributed by atoms with van der Waals surface area (Å²) in [5.41, 5.74) is 0. The normalized spacial score (nSPS) is 9.67. The maximum Gasteiger partial charge on any atom is 0.0840 e. The molecule has 0 unspecified atom stereocenters. The Morgan fingerprint density at radius 3 is 2.67 bits per heavy atom. The van der Waals surface area contributed by atoms with Crippen molar-refractivity contribution in [3.63, 3.8) is 0 Å². The summed E-state index contributed by atoms with van der Waals surface area (Å²) < 4.78 is 0. The van der Waals surface area contributed by atoms with Crippen molar-refractivity contribution in [1.82, 2.24) is 5.32 Å². The summed E-state index contributed by atoms with van der Waals surface area (Å²) in [6.45, 7) is 1.48. The second-order valence-electron chi connectivity index (χ2n) is 2.74. The summed E-state index contributed by atoms with van der Waals surface area (Å²) in [6.07, 6.45) is 7.30. The number of nitrogens with zero attached hydrogens (tertiary/aromatic N) is 1. The quantitative estimate of drug-likeness (QED) is 0.465. The van der Waals surface area contributed by atoms with E-state index in [1.807, 2.05) is 11.8 Å². The summed E-state index contributed by atoms with van der Waals surface area (Å²) in [5.74, 6) is 1.28. The van der Waals surface area contributed by atoms with Crippen LogP contribution in [0.4, 0.5) is 0 Å². The average Bonchev–Trinajstić information content (AvgIpc) is 2.10. The van der Waals surface area contributed by atoms with Gasteiger partial charge in [0.1, 0.15) is 0 Å². The molecule has 0 bridgehead atoms. The van der Waals surface area contributed by atoms with Crippen LogP contribution in [0.2, 0.25) is 0 Å². The Labute approximate surface area is 79.7 Å². The van der Waals surface area contributed by atoms with Crippen molar-refractivity contribution in [2.75, 3.05) is 25.1 Å². The molecule has 0 spiro atoms. The van der Waals surface area contributed by atoms with Crippen molar-refractivity contribution >= 4 is 11.8 Å². The van der Waals surface area contributed by atoms with Crippen molar-refractivity contribution in [1.29, 1.82) is 5.26 Å². The summed E-state index contributed by atoms with van der Waals surface area (Å²) in [4.78, 5) is 0. The molecule has 1 N–H and O–H groups in total. The largest absolute Gasteiger partial charge is 0.304 e. The lowest BCUT2D eigenvalue weighted by atomic mass is 10.2. The number of nitrogens with one attached hydrogen (secondary N) is 1. The molecule has 0 radical (unpaired) electrons. The predicted molar refractivity (Wildman–Crippen MR) is 55.3 cm³/mol. The van der Waals surface area contributed by atoms with Crippen molar-refractivity contribution in [2.24, 2.45) is 0 Å². The van der Waals surface area contributed by atoms with Gasteiger partial charge in [-0.2, -0.15) is 17.0 Å². The van der Waals surface area contributed by atoms with Crippen molar-refractivity contribution in [2.45, 2.75) is 25.7 Å². The Balaban J connectivity index is 2.78. The van der Waals surface area contributed by atoms with E-state index in [1.54, 1.807) is 0 Å². The van der Waals surface area contributed by atoms with E-state index in [9.17, 15) is 0 Å². The van der Waals surface area contributed by atoms with Gasteiger partial charge in [-0.15, -0.1) is 0 Å². The summed E-state index contributed by atoms with van der Waals surface area (Å²) in [7, 11) is 0. The van der Waals surface area contributed by atoms with Crippen LogP contribution in [0.3, 0.4) is 0 Å². The lowest BCUT2D eigenvalue weighted by Crippen LogP contribution is -2.14. The fourth-order valence-electron chi connectivity index (χ4n) is 0.994. The lowest BCUT2D eigenvalue weighted by molar-refractivity contribution is 0.624. The Hall–Kier alpha value is -0.200. The van der Waals surface area contributed by atoms with Gasteiger partial charge in [-0.1, -0.05) is 12.8 Å². The van der Waals surface area contributed by atoms with Crippen molar-refractivity contribution < 1.29 is 0 Å². The van der Waals surface area contributed by atoms with Crippen LogP contribution in [0.1, 0.15) is 25.7 Å². The Bertz CT molecular complexity index is 120. The molecule has 70 valence electrons. The second-order valence-corrected chi connectivity index (χ2v) is 3.73. The van der Waals surface area contributed by atoms with Gasteiger partial charge < -0.3 is 5.32 Å². The highest BCUT2D eigenvalue weighted by Crippen LogP contribution is 2.03. The Kier molecular flexibility index (Phi) is 10.6. The Morgan fingerprint density at radius 2 is 2.00 bits per heavy atom. The summed E-state index contributed by atoms with van der Waals surface area (Å²) in [6, 6.07) is 2.06. The minimum Gasteiger partial charge on any atom is -0.304 e. The molecule has 0 aliphatic carbocycles. The molecule has 0 aliphatic rings. The highest BCUT2D eigenvalue weighted by atomic mass is 32.2. The molecule has 12 heavy (non-hydrogen) atoms. The van der Waals surface area contributed by atoms with Crippen LogP contribution in [-0.4, -0.2) is 25.1 Å². The molecule has 2 nitrogen and oxygen atoms in total. The zero-order chi connectivity index (χ0) is 9.07. The van der Waals surface area contributed by atoms with Gasteiger partial charge in [0.25, 0.3) is 0 Å². The molecule has 0 rings (SSSR count). The SMILES string of the molecule is CSCCCCCCNCC#N. The summed E-state index contributed by atoms with van der Waals surface area (Å²) >= 11 is 1.91. The van der Waals surface area contributed by atoms with Crippen molar-refractivity contribution in [3.8, 4) is 6.07 Å². The third-order valence-corrected chi connectivity index (χ3v) is 2.35. The van der Waals surface area contributed by atoms with Gasteiger partial charge in [0, 0.05) is 0 Å². The van der Waals surface area contributed by atoms with E-state index in [-0.39, 0.29) is 0 Å². The third-order valence-electron chi connectivity index (χ3n) is 1.66. The van der Waals surface area contributed by atoms with E-state index in [0.29, 0.717) is 6.54 Å². The van der Waals surface area contributed by atoms with Crippen LogP contribution in [0, 0.1) is 11.3 Å². The molecule has 0 atom stereocenters. The highest BCUT2D eigenvalue weighted by Gasteiger charge is 1.89. The van der Waals surface area contributed by atoms with Crippen LogP contribution in [0.5, 0.6) is 0 Å². The number of nitriles is 1. The van der Waals surface area contributed by atoms with Gasteiger partial charge in [-0.05, 0) is 31.4 Å². The zero-order valence-corrected chi connectivity index (χ0v) is 8.62. The first-order chi connectivity index (χ1) is 5.91. The molecule has 0 aromatic carbocycles. The van der Waals surface area contributed by atoms with E-state index < -0.39 is 0 Å². The molecule has 0 fully saturated rings. The number of hydrogen-bond acceptors (Lipinski definition) is 3. The van der Waals surface area contributed by atoms with Crippen LogP contribution in [-0.2, 0) is 0 Å². The van der Waals surface area contributed by atoms with Gasteiger partial charge >= 0.3 is 0 Å². The van der Waals surface area contributed by atoms with Crippen LogP contribution in [0.25, 0.3) is 0 Å². The molecular weight excluding hydrogens is 168 g/mol. The lowest BCUT2D eigenvalue weighted by Gasteiger charge is -2.00. The zero-order valence-electron chi connectivity index (χ0n) is 7.81. The minimum atomic E-state index is 0.491. The first-order valence-electron chi connectivity index (χ1n) is 4.48. The van der Waals surface area contributed by atoms with Crippen LogP contribution >= 0.6 is 11.8 Å². The van der Waals surface area contributed by atoms with E-state index in [0.717, 1.165) is 6.54 Å². The molecule has 0 heterocycles. The first-order valence-corrected chi connectivity index (χ1v) is 5.88. The number of rotatable bonds is 8. The molecule has 0 aliphatic heterocycles.